The summed E-state index contributed by atoms with van der Waals surface area (Å²) in [5.41, 5.74) is 4.10. The zero-order valence-electron chi connectivity index (χ0n) is 6.88. The number of rotatable bonds is 0. The first-order valence-corrected chi connectivity index (χ1v) is 3.25. The number of aliphatic hydroxyl groups excluding tert-OH is 1. The van der Waals surface area contributed by atoms with Gasteiger partial charge < -0.3 is 10.8 Å². The van der Waals surface area contributed by atoms with Gasteiger partial charge in [0, 0.05) is 7.11 Å². The zero-order chi connectivity index (χ0) is 10.4. The standard InChI is InChI=1S/C7H4F2N2.CH4O/c8-5-2-1-4(3-10)6(9)7(5)11;1-2/h1-2H,11H2;2H,1H3. The van der Waals surface area contributed by atoms with E-state index in [9.17, 15) is 8.78 Å². The maximum atomic E-state index is 12.7. The zero-order valence-corrected chi connectivity index (χ0v) is 6.88. The number of nitrogens with two attached hydrogens (primary N) is 1. The number of aliphatic hydroxyl groups is 1. The van der Waals surface area contributed by atoms with Crippen molar-refractivity contribution in [3.63, 3.8) is 0 Å². The highest BCUT2D eigenvalue weighted by atomic mass is 19.1. The van der Waals surface area contributed by atoms with Crippen molar-refractivity contribution in [2.45, 2.75) is 0 Å². The molecule has 3 N–H and O–H groups in total. The highest BCUT2D eigenvalue weighted by Gasteiger charge is 2.08. The third kappa shape index (κ3) is 2.39. The minimum absolute atomic E-state index is 0.246. The van der Waals surface area contributed by atoms with Gasteiger partial charge in [0.25, 0.3) is 0 Å². The van der Waals surface area contributed by atoms with E-state index in [1.54, 1.807) is 6.07 Å². The molecule has 0 radical (unpaired) electrons. The third-order valence-electron chi connectivity index (χ3n) is 1.25. The molecule has 0 aliphatic heterocycles. The summed E-state index contributed by atoms with van der Waals surface area (Å²) in [5, 5.41) is 15.3. The second kappa shape index (κ2) is 5.06. The van der Waals surface area contributed by atoms with Gasteiger partial charge in [-0.3, -0.25) is 0 Å². The van der Waals surface area contributed by atoms with Crippen molar-refractivity contribution in [3.05, 3.63) is 29.3 Å². The van der Waals surface area contributed by atoms with E-state index in [0.717, 1.165) is 19.2 Å². The molecule has 3 nitrogen and oxygen atoms in total. The van der Waals surface area contributed by atoms with Gasteiger partial charge in [-0.1, -0.05) is 0 Å². The number of hydrogen-bond donors (Lipinski definition) is 2. The number of benzene rings is 1. The quantitative estimate of drug-likeness (QED) is 0.594. The summed E-state index contributed by atoms with van der Waals surface area (Å²) < 4.78 is 25.1. The Bertz CT molecular complexity index is 334. The second-order valence-corrected chi connectivity index (χ2v) is 1.93. The van der Waals surface area contributed by atoms with Crippen molar-refractivity contribution in [2.75, 3.05) is 12.8 Å². The molecule has 1 aromatic carbocycles. The highest BCUT2D eigenvalue weighted by Crippen LogP contribution is 2.17. The molecule has 70 valence electrons. The number of hydrogen-bond acceptors (Lipinski definition) is 3. The van der Waals surface area contributed by atoms with Crippen molar-refractivity contribution in [1.29, 1.82) is 5.26 Å². The van der Waals surface area contributed by atoms with Crippen LogP contribution in [-0.4, -0.2) is 12.2 Å². The summed E-state index contributed by atoms with van der Waals surface area (Å²) >= 11 is 0. The van der Waals surface area contributed by atoms with Gasteiger partial charge in [-0.25, -0.2) is 8.78 Å². The molecule has 0 spiro atoms. The van der Waals surface area contributed by atoms with E-state index in [2.05, 4.69) is 0 Å². The summed E-state index contributed by atoms with van der Waals surface area (Å²) in [7, 11) is 1.00. The number of nitrogen functional groups attached to an aromatic ring is 1. The van der Waals surface area contributed by atoms with Crippen molar-refractivity contribution < 1.29 is 13.9 Å². The molecule has 0 unspecified atom stereocenters. The minimum atomic E-state index is -0.993. The third-order valence-corrected chi connectivity index (χ3v) is 1.25. The first kappa shape index (κ1) is 11.3. The molecule has 1 aromatic rings. The molecule has 0 fully saturated rings. The van der Waals surface area contributed by atoms with Crippen LogP contribution in [0.3, 0.4) is 0 Å². The number of anilines is 1. The number of halogens is 2. The lowest BCUT2D eigenvalue weighted by atomic mass is 10.2. The van der Waals surface area contributed by atoms with Gasteiger partial charge in [0.05, 0.1) is 5.56 Å². The van der Waals surface area contributed by atoms with Crippen molar-refractivity contribution >= 4 is 5.69 Å². The van der Waals surface area contributed by atoms with Gasteiger partial charge in [-0.2, -0.15) is 5.26 Å². The van der Waals surface area contributed by atoms with Gasteiger partial charge in [-0.15, -0.1) is 0 Å². The average Bonchev–Trinajstić information content (AvgIpc) is 2.18. The van der Waals surface area contributed by atoms with Crippen LogP contribution < -0.4 is 5.73 Å². The molecule has 0 aliphatic carbocycles. The van der Waals surface area contributed by atoms with Gasteiger partial charge in [0.15, 0.2) is 5.82 Å². The Kier molecular flexibility index (Phi) is 4.41. The minimum Gasteiger partial charge on any atom is -0.400 e. The second-order valence-electron chi connectivity index (χ2n) is 1.93. The Morgan fingerprint density at radius 3 is 2.38 bits per heavy atom. The Morgan fingerprint density at radius 1 is 1.38 bits per heavy atom. The molecular formula is C8H8F2N2O. The predicted octanol–water partition coefficient (Wildman–Crippen LogP) is 1.03. The lowest BCUT2D eigenvalue weighted by Crippen LogP contribution is -1.97. The van der Waals surface area contributed by atoms with Crippen LogP contribution in [0.1, 0.15) is 5.56 Å². The maximum Gasteiger partial charge on any atom is 0.166 e. The molecule has 0 saturated heterocycles. The number of nitriles is 1. The van der Waals surface area contributed by atoms with Crippen LogP contribution in [0.5, 0.6) is 0 Å². The molecule has 1 rings (SSSR count). The molecule has 0 aliphatic rings. The molecule has 0 atom stereocenters. The Morgan fingerprint density at radius 2 is 1.92 bits per heavy atom. The molecule has 0 saturated carbocycles. The van der Waals surface area contributed by atoms with E-state index in [-0.39, 0.29) is 5.56 Å². The van der Waals surface area contributed by atoms with E-state index in [0.29, 0.717) is 0 Å². The summed E-state index contributed by atoms with van der Waals surface area (Å²) in [4.78, 5) is 0. The van der Waals surface area contributed by atoms with Gasteiger partial charge >= 0.3 is 0 Å². The topological polar surface area (TPSA) is 70.0 Å². The predicted molar refractivity (Wildman–Crippen MR) is 43.6 cm³/mol. The molecule has 0 amide bonds. The first-order chi connectivity index (χ1) is 6.16. The highest BCUT2D eigenvalue weighted by molar-refractivity contribution is 5.48. The van der Waals surface area contributed by atoms with Gasteiger partial charge in [0.2, 0.25) is 0 Å². The Labute approximate surface area is 74.0 Å². The van der Waals surface area contributed by atoms with Crippen LogP contribution in [0.4, 0.5) is 14.5 Å². The van der Waals surface area contributed by atoms with Crippen molar-refractivity contribution in [2.24, 2.45) is 0 Å². The average molecular weight is 186 g/mol. The SMILES string of the molecule is CO.N#Cc1ccc(F)c(N)c1F. The van der Waals surface area contributed by atoms with Crippen molar-refractivity contribution in [1.82, 2.24) is 0 Å². The van der Waals surface area contributed by atoms with Gasteiger partial charge in [-0.05, 0) is 12.1 Å². The molecule has 0 bridgehead atoms. The summed E-state index contributed by atoms with van der Waals surface area (Å²) in [6, 6.07) is 3.54. The van der Waals surface area contributed by atoms with Crippen LogP contribution in [0, 0.1) is 23.0 Å². The summed E-state index contributed by atoms with van der Waals surface area (Å²) in [6.07, 6.45) is 0. The largest absolute Gasteiger partial charge is 0.400 e. The fraction of sp³-hybridized carbons (Fsp3) is 0.125. The van der Waals surface area contributed by atoms with E-state index in [4.69, 9.17) is 16.1 Å². The Hall–Kier alpha value is -1.67. The van der Waals surface area contributed by atoms with Crippen LogP contribution in [0.15, 0.2) is 12.1 Å². The maximum absolute atomic E-state index is 12.7. The van der Waals surface area contributed by atoms with Gasteiger partial charge in [0.1, 0.15) is 17.6 Å². The first-order valence-electron chi connectivity index (χ1n) is 3.25. The van der Waals surface area contributed by atoms with Crippen LogP contribution in [0.25, 0.3) is 0 Å². The summed E-state index contributed by atoms with van der Waals surface area (Å²) in [6.45, 7) is 0. The summed E-state index contributed by atoms with van der Waals surface area (Å²) in [5.74, 6) is -1.84. The molecular weight excluding hydrogens is 178 g/mol. The van der Waals surface area contributed by atoms with Crippen LogP contribution in [-0.2, 0) is 0 Å². The number of nitrogens with zero attached hydrogens (tertiary/aromatic N) is 1. The molecule has 0 heterocycles. The molecule has 0 aromatic heterocycles. The fourth-order valence-corrected chi connectivity index (χ4v) is 0.656. The monoisotopic (exact) mass is 186 g/mol. The molecule has 13 heavy (non-hydrogen) atoms. The Balaban J connectivity index is 0.000000671. The lowest BCUT2D eigenvalue weighted by Gasteiger charge is -1.97. The van der Waals surface area contributed by atoms with E-state index >= 15 is 0 Å². The van der Waals surface area contributed by atoms with E-state index < -0.39 is 17.3 Å². The van der Waals surface area contributed by atoms with Crippen LogP contribution >= 0.6 is 0 Å². The lowest BCUT2D eigenvalue weighted by molar-refractivity contribution is 0.399. The van der Waals surface area contributed by atoms with Crippen LogP contribution in [0.2, 0.25) is 0 Å². The molecule has 5 heteroatoms. The smallest absolute Gasteiger partial charge is 0.166 e. The fourth-order valence-electron chi connectivity index (χ4n) is 0.656. The van der Waals surface area contributed by atoms with E-state index in [1.807, 2.05) is 0 Å². The normalized spacial score (nSPS) is 8.23. The van der Waals surface area contributed by atoms with Crippen molar-refractivity contribution in [3.8, 4) is 6.07 Å². The van der Waals surface area contributed by atoms with E-state index in [1.165, 1.54) is 0 Å².